The Labute approximate surface area is 99.8 Å². The van der Waals surface area contributed by atoms with Gasteiger partial charge in [-0.2, -0.15) is 0 Å². The van der Waals surface area contributed by atoms with Gasteiger partial charge in [0, 0.05) is 0 Å². The number of benzene rings is 1. The van der Waals surface area contributed by atoms with Crippen molar-refractivity contribution in [2.75, 3.05) is 0 Å². The predicted octanol–water partition coefficient (Wildman–Crippen LogP) is 3.06. The van der Waals surface area contributed by atoms with Crippen LogP contribution in [0.4, 0.5) is 0 Å². The molecule has 86 valence electrons. The summed E-state index contributed by atoms with van der Waals surface area (Å²) >= 11 is 0. The molecule has 0 spiro atoms. The molecule has 0 aliphatic carbocycles. The van der Waals surface area contributed by atoms with Gasteiger partial charge in [0.2, 0.25) is 0 Å². The van der Waals surface area contributed by atoms with Gasteiger partial charge in [0.15, 0.2) is 12.5 Å². The molecule has 0 fully saturated rings. The molecule has 0 saturated heterocycles. The molecule has 0 unspecified atom stereocenters. The maximum atomic E-state index is 10.8. The van der Waals surface area contributed by atoms with Crippen molar-refractivity contribution < 1.29 is 12.3 Å². The minimum absolute atomic E-state index is 0.413. The van der Waals surface area contributed by atoms with Crippen molar-refractivity contribution in [2.45, 2.75) is 27.2 Å². The van der Waals surface area contributed by atoms with E-state index in [1.165, 1.54) is 6.08 Å². The molecule has 2 nitrogen and oxygen atoms in total. The molecule has 1 aromatic rings. The molecule has 16 heavy (non-hydrogen) atoms. The lowest BCUT2D eigenvalue weighted by Gasteiger charge is -1.97. The fourth-order valence-electron chi connectivity index (χ4n) is 1.10. The van der Waals surface area contributed by atoms with Gasteiger partial charge in [0.1, 0.15) is 2.74 Å². The van der Waals surface area contributed by atoms with Crippen molar-refractivity contribution in [3.05, 3.63) is 41.0 Å². The molecule has 0 aromatic heterocycles. The van der Waals surface area contributed by atoms with E-state index >= 15 is 0 Å². The van der Waals surface area contributed by atoms with Crippen molar-refractivity contribution >= 4 is 18.6 Å². The molecule has 0 amide bonds. The zero-order valence-electron chi connectivity index (χ0n) is 11.9. The van der Waals surface area contributed by atoms with Gasteiger partial charge in [-0.05, 0) is 23.6 Å². The van der Waals surface area contributed by atoms with Crippen LogP contribution < -0.4 is 0 Å². The first-order valence-corrected chi connectivity index (χ1v) is 5.37. The highest BCUT2D eigenvalue weighted by Crippen LogP contribution is 2.07. The van der Waals surface area contributed by atoms with Crippen LogP contribution in [0, 0.1) is 0 Å². The van der Waals surface area contributed by atoms with Crippen LogP contribution in [0.3, 0.4) is 0 Å². The first-order chi connectivity index (χ1) is 8.54. The number of hydrogen-bond acceptors (Lipinski definition) is 2. The van der Waals surface area contributed by atoms with Crippen LogP contribution in [0.25, 0.3) is 6.08 Å². The summed E-state index contributed by atoms with van der Waals surface area (Å²) < 4.78 is 13.7. The van der Waals surface area contributed by atoms with Gasteiger partial charge >= 0.3 is 0 Å². The largest absolute Gasteiger partial charge is 0.298 e. The molecular weight excluding hydrogens is 200 g/mol. The van der Waals surface area contributed by atoms with Crippen molar-refractivity contribution in [2.24, 2.45) is 0 Å². The average molecular weight is 220 g/mol. The molecule has 1 aromatic carbocycles. The summed E-state index contributed by atoms with van der Waals surface area (Å²) in [5.74, 6) is 0. The quantitative estimate of drug-likeness (QED) is 0.338. The van der Waals surface area contributed by atoms with E-state index in [9.17, 15) is 9.59 Å². The monoisotopic (exact) mass is 220 g/mol. The van der Waals surface area contributed by atoms with E-state index in [-0.39, 0.29) is 0 Å². The first kappa shape index (κ1) is 10.8. The summed E-state index contributed by atoms with van der Waals surface area (Å²) in [7, 11) is 0. The van der Waals surface area contributed by atoms with Crippen LogP contribution in [0.1, 0.15) is 34.6 Å². The third kappa shape index (κ3) is 4.69. The lowest BCUT2D eigenvalue weighted by Crippen LogP contribution is -1.86. The van der Waals surface area contributed by atoms with Crippen molar-refractivity contribution in [3.63, 3.8) is 0 Å². The molecule has 0 aliphatic heterocycles. The highest BCUT2D eigenvalue weighted by atomic mass is 16.1. The molecule has 0 atom stereocenters. The number of rotatable bonds is 4. The van der Waals surface area contributed by atoms with Crippen LogP contribution >= 0.6 is 0 Å². The van der Waals surface area contributed by atoms with E-state index in [0.717, 1.165) is 12.0 Å². The maximum Gasteiger partial charge on any atom is 0.153 e. The minimum atomic E-state index is -1.13. The molecule has 1 rings (SSSR count). The Kier molecular flexibility index (Phi) is 5.81. The average Bonchev–Trinajstić information content (AvgIpc) is 2.38. The van der Waals surface area contributed by atoms with Crippen molar-refractivity contribution in [3.8, 4) is 0 Å². The van der Waals surface area contributed by atoms with Crippen molar-refractivity contribution in [1.82, 2.24) is 0 Å². The number of carbonyl (C=O) groups is 2. The van der Waals surface area contributed by atoms with E-state index in [1.807, 2.05) is 32.9 Å². The third-order valence-corrected chi connectivity index (χ3v) is 1.92. The maximum absolute atomic E-state index is 10.8. The number of allylic oxidation sites excluding steroid dienone is 1. The highest BCUT2D eigenvalue weighted by molar-refractivity contribution is 6.04. The van der Waals surface area contributed by atoms with E-state index in [2.05, 4.69) is 0 Å². The normalized spacial score (nSPS) is 10.2. The first-order valence-electron chi connectivity index (χ1n) is 6.37. The second-order valence-electron chi connectivity index (χ2n) is 2.86. The Morgan fingerprint density at radius 3 is 2.06 bits per heavy atom. The Balaban J connectivity index is 0.00000137. The van der Waals surface area contributed by atoms with Gasteiger partial charge in [-0.15, -0.1) is 0 Å². The molecule has 0 aliphatic rings. The second kappa shape index (κ2) is 8.60. The predicted molar refractivity (Wildman–Crippen MR) is 67.3 cm³/mol. The summed E-state index contributed by atoms with van der Waals surface area (Å²) in [6, 6.07) is 7.27. The number of aldehydes is 2. The Morgan fingerprint density at radius 1 is 1.19 bits per heavy atom. The molecule has 2 heteroatoms. The zero-order valence-corrected chi connectivity index (χ0v) is 9.91. The van der Waals surface area contributed by atoms with Crippen LogP contribution in [0.15, 0.2) is 29.8 Å². The minimum Gasteiger partial charge on any atom is -0.298 e. The third-order valence-electron chi connectivity index (χ3n) is 1.92. The molecule has 0 saturated carbocycles. The molecule has 0 heterocycles. The van der Waals surface area contributed by atoms with Gasteiger partial charge in [-0.3, -0.25) is 9.59 Å². The van der Waals surface area contributed by atoms with Gasteiger partial charge in [-0.1, -0.05) is 45.0 Å². The fourth-order valence-corrected chi connectivity index (χ4v) is 1.10. The summed E-state index contributed by atoms with van der Waals surface area (Å²) in [5, 5.41) is 0. The lowest BCUT2D eigenvalue weighted by molar-refractivity contribution is -0.109. The van der Waals surface area contributed by atoms with Crippen LogP contribution in [-0.4, -0.2) is 12.5 Å². The zero-order chi connectivity index (χ0) is 14.1. The topological polar surface area (TPSA) is 34.1 Å². The summed E-state index contributed by atoms with van der Waals surface area (Å²) in [4.78, 5) is 21.5. The van der Waals surface area contributed by atoms with Gasteiger partial charge in [0.05, 0.1) is 5.57 Å². The van der Waals surface area contributed by atoms with Crippen molar-refractivity contribution in [1.29, 1.82) is 0 Å². The smallest absolute Gasteiger partial charge is 0.153 e. The lowest BCUT2D eigenvalue weighted by atomic mass is 10.1. The Hall–Kier alpha value is -1.70. The second-order valence-corrected chi connectivity index (χ2v) is 2.86. The summed E-state index contributed by atoms with van der Waals surface area (Å²) in [6.45, 7) is 6.02. The summed E-state index contributed by atoms with van der Waals surface area (Å²) in [6.07, 6.45) is -0.0745. The van der Waals surface area contributed by atoms with Crippen LogP contribution in [-0.2, 0) is 16.0 Å². The van der Waals surface area contributed by atoms with Gasteiger partial charge in [0.25, 0.3) is 0 Å². The van der Waals surface area contributed by atoms with E-state index in [0.29, 0.717) is 5.56 Å². The number of hydrogen-bond donors (Lipinski definition) is 0. The number of carbonyl (C=O) groups excluding carboxylic acids is 2. The molecular formula is C14H18O2. The van der Waals surface area contributed by atoms with Gasteiger partial charge < -0.3 is 0 Å². The van der Waals surface area contributed by atoms with E-state index < -0.39 is 18.1 Å². The van der Waals surface area contributed by atoms with E-state index in [1.54, 1.807) is 12.1 Å². The van der Waals surface area contributed by atoms with E-state index in [4.69, 9.17) is 2.74 Å². The number of aryl methyl sites for hydroxylation is 1. The fraction of sp³-hybridized carbons (Fsp3) is 0.286. The molecule has 0 bridgehead atoms. The molecule has 0 radical (unpaired) electrons. The van der Waals surface area contributed by atoms with Crippen LogP contribution in [0.5, 0.6) is 0 Å². The highest BCUT2D eigenvalue weighted by Gasteiger charge is 1.93. The van der Waals surface area contributed by atoms with Crippen LogP contribution in [0.2, 0.25) is 0 Å². The standard InChI is InChI=1S/C12H12O2.C2H6/c1-2-10-3-5-11(6-4-10)7-12(8-13)9-14;1-2/h3-9H,2H2,1H3;1-2H3/i8D,9D;. The molecule has 0 N–H and O–H groups in total. The SMILES string of the molecule is CC.[2H]C(=O)C(=Cc1ccc(CC)cc1)C([2H])=O. The Morgan fingerprint density at radius 2 is 1.69 bits per heavy atom. The Bertz CT molecular complexity index is 418. The summed E-state index contributed by atoms with van der Waals surface area (Å²) in [5.41, 5.74) is 1.38. The van der Waals surface area contributed by atoms with Gasteiger partial charge in [-0.25, -0.2) is 0 Å².